The van der Waals surface area contributed by atoms with Crippen molar-refractivity contribution in [2.75, 3.05) is 32.6 Å². The highest BCUT2D eigenvalue weighted by Gasteiger charge is 2.02. The number of carbonyl (C=O) groups excluding carboxylic acids is 1. The third-order valence-corrected chi connectivity index (χ3v) is 1.87. The van der Waals surface area contributed by atoms with Gasteiger partial charge in [0, 0.05) is 26.9 Å². The van der Waals surface area contributed by atoms with Gasteiger partial charge in [-0.2, -0.15) is 0 Å². The van der Waals surface area contributed by atoms with E-state index in [4.69, 9.17) is 4.74 Å². The van der Waals surface area contributed by atoms with Crippen LogP contribution in [-0.4, -0.2) is 38.2 Å². The number of hydrogen-bond donors (Lipinski definition) is 2. The van der Waals surface area contributed by atoms with Gasteiger partial charge in [-0.05, 0) is 12.1 Å². The van der Waals surface area contributed by atoms with Gasteiger partial charge in [-0.1, -0.05) is 0 Å². The van der Waals surface area contributed by atoms with Gasteiger partial charge in [0.25, 0.3) is 5.91 Å². The van der Waals surface area contributed by atoms with Crippen LogP contribution in [0.3, 0.4) is 0 Å². The fourth-order valence-corrected chi connectivity index (χ4v) is 1.06. The smallest absolute Gasteiger partial charge is 0.252 e. The molecule has 0 bridgehead atoms. The van der Waals surface area contributed by atoms with Gasteiger partial charge >= 0.3 is 0 Å². The number of rotatable bonds is 5. The van der Waals surface area contributed by atoms with Crippen LogP contribution in [0.4, 0.5) is 5.82 Å². The number of anilines is 1. The van der Waals surface area contributed by atoms with Crippen molar-refractivity contribution in [2.45, 2.75) is 0 Å². The molecular formula is C10H15N3O2. The molecule has 0 saturated carbocycles. The Hall–Kier alpha value is -1.62. The quantitative estimate of drug-likeness (QED) is 0.693. The van der Waals surface area contributed by atoms with E-state index in [9.17, 15) is 4.79 Å². The lowest BCUT2D eigenvalue weighted by Gasteiger charge is -2.05. The van der Waals surface area contributed by atoms with Crippen molar-refractivity contribution in [1.29, 1.82) is 0 Å². The molecule has 0 fully saturated rings. The SMILES string of the molecule is CNC(=O)c1ccc(NCCOC)nc1. The molecule has 0 aliphatic carbocycles. The number of pyridine rings is 1. The highest BCUT2D eigenvalue weighted by atomic mass is 16.5. The average molecular weight is 209 g/mol. The zero-order valence-corrected chi connectivity index (χ0v) is 8.91. The minimum atomic E-state index is -0.133. The lowest BCUT2D eigenvalue weighted by molar-refractivity contribution is 0.0963. The molecule has 2 N–H and O–H groups in total. The Balaban J connectivity index is 2.52. The zero-order chi connectivity index (χ0) is 11.1. The summed E-state index contributed by atoms with van der Waals surface area (Å²) in [4.78, 5) is 15.3. The molecular weight excluding hydrogens is 194 g/mol. The molecule has 82 valence electrons. The van der Waals surface area contributed by atoms with Crippen LogP contribution in [-0.2, 0) is 4.74 Å². The molecule has 0 saturated heterocycles. The van der Waals surface area contributed by atoms with Gasteiger partial charge in [0.2, 0.25) is 0 Å². The largest absolute Gasteiger partial charge is 0.383 e. The topological polar surface area (TPSA) is 63.2 Å². The second-order valence-corrected chi connectivity index (χ2v) is 2.93. The molecule has 1 heterocycles. The fraction of sp³-hybridized carbons (Fsp3) is 0.400. The molecule has 1 rings (SSSR count). The number of amides is 1. The van der Waals surface area contributed by atoms with E-state index in [0.29, 0.717) is 18.7 Å². The first kappa shape index (κ1) is 11.5. The number of methoxy groups -OCH3 is 1. The third-order valence-electron chi connectivity index (χ3n) is 1.87. The van der Waals surface area contributed by atoms with Gasteiger partial charge in [0.1, 0.15) is 5.82 Å². The van der Waals surface area contributed by atoms with Gasteiger partial charge in [-0.15, -0.1) is 0 Å². The summed E-state index contributed by atoms with van der Waals surface area (Å²) in [5.74, 6) is 0.602. The molecule has 0 aromatic carbocycles. The average Bonchev–Trinajstić information content (AvgIpc) is 2.29. The molecule has 15 heavy (non-hydrogen) atoms. The number of nitrogens with one attached hydrogen (secondary N) is 2. The van der Waals surface area contributed by atoms with E-state index in [2.05, 4.69) is 15.6 Å². The third kappa shape index (κ3) is 3.55. The summed E-state index contributed by atoms with van der Waals surface area (Å²) in [6.45, 7) is 1.32. The van der Waals surface area contributed by atoms with Gasteiger partial charge in [-0.25, -0.2) is 4.98 Å². The van der Waals surface area contributed by atoms with Crippen molar-refractivity contribution >= 4 is 11.7 Å². The predicted molar refractivity (Wildman–Crippen MR) is 58.0 cm³/mol. The summed E-state index contributed by atoms with van der Waals surface area (Å²) in [5, 5.41) is 5.60. The number of aromatic nitrogens is 1. The van der Waals surface area contributed by atoms with E-state index in [1.165, 1.54) is 6.20 Å². The molecule has 5 heteroatoms. The van der Waals surface area contributed by atoms with Gasteiger partial charge in [0.05, 0.1) is 12.2 Å². The first-order valence-electron chi connectivity index (χ1n) is 4.69. The molecule has 0 aliphatic rings. The second-order valence-electron chi connectivity index (χ2n) is 2.93. The number of nitrogens with zero attached hydrogens (tertiary/aromatic N) is 1. The van der Waals surface area contributed by atoms with Crippen LogP contribution in [0.15, 0.2) is 18.3 Å². The normalized spacial score (nSPS) is 9.73. The van der Waals surface area contributed by atoms with Crippen molar-refractivity contribution in [2.24, 2.45) is 0 Å². The second kappa shape index (κ2) is 5.98. The molecule has 0 atom stereocenters. The van der Waals surface area contributed by atoms with Crippen molar-refractivity contribution in [3.05, 3.63) is 23.9 Å². The summed E-state index contributed by atoms with van der Waals surface area (Å²) < 4.78 is 4.89. The van der Waals surface area contributed by atoms with E-state index in [0.717, 1.165) is 5.82 Å². The summed E-state index contributed by atoms with van der Waals surface area (Å²) in [6.07, 6.45) is 1.54. The maximum atomic E-state index is 11.2. The van der Waals surface area contributed by atoms with Crippen LogP contribution < -0.4 is 10.6 Å². The number of ether oxygens (including phenoxy) is 1. The maximum Gasteiger partial charge on any atom is 0.252 e. The van der Waals surface area contributed by atoms with E-state index in [1.807, 2.05) is 0 Å². The minimum absolute atomic E-state index is 0.133. The lowest BCUT2D eigenvalue weighted by atomic mass is 10.2. The highest BCUT2D eigenvalue weighted by molar-refractivity contribution is 5.93. The van der Waals surface area contributed by atoms with E-state index in [-0.39, 0.29) is 5.91 Å². The minimum Gasteiger partial charge on any atom is -0.383 e. The number of hydrogen-bond acceptors (Lipinski definition) is 4. The highest BCUT2D eigenvalue weighted by Crippen LogP contribution is 2.04. The van der Waals surface area contributed by atoms with E-state index in [1.54, 1.807) is 26.3 Å². The van der Waals surface area contributed by atoms with Crippen LogP contribution >= 0.6 is 0 Å². The monoisotopic (exact) mass is 209 g/mol. The van der Waals surface area contributed by atoms with Crippen LogP contribution in [0.2, 0.25) is 0 Å². The van der Waals surface area contributed by atoms with Crippen LogP contribution in [0.5, 0.6) is 0 Å². The zero-order valence-electron chi connectivity index (χ0n) is 8.91. The first-order chi connectivity index (χ1) is 7.27. The Morgan fingerprint density at radius 2 is 2.33 bits per heavy atom. The Morgan fingerprint density at radius 3 is 2.87 bits per heavy atom. The lowest BCUT2D eigenvalue weighted by Crippen LogP contribution is -2.18. The van der Waals surface area contributed by atoms with Gasteiger partial charge in [0.15, 0.2) is 0 Å². The number of carbonyl (C=O) groups is 1. The predicted octanol–water partition coefficient (Wildman–Crippen LogP) is 0.499. The first-order valence-corrected chi connectivity index (χ1v) is 4.69. The molecule has 1 aromatic rings. The molecule has 0 aliphatic heterocycles. The fourth-order valence-electron chi connectivity index (χ4n) is 1.06. The Morgan fingerprint density at radius 1 is 1.53 bits per heavy atom. The Labute approximate surface area is 88.9 Å². The van der Waals surface area contributed by atoms with Crippen molar-refractivity contribution in [3.8, 4) is 0 Å². The van der Waals surface area contributed by atoms with Gasteiger partial charge in [-0.3, -0.25) is 4.79 Å². The maximum absolute atomic E-state index is 11.2. The molecule has 0 unspecified atom stereocenters. The van der Waals surface area contributed by atoms with Crippen LogP contribution in [0.1, 0.15) is 10.4 Å². The Bertz CT molecular complexity index is 311. The van der Waals surface area contributed by atoms with Crippen molar-refractivity contribution < 1.29 is 9.53 Å². The standard InChI is InChI=1S/C10H15N3O2/c1-11-10(14)8-3-4-9(13-7-8)12-5-6-15-2/h3-4,7H,5-6H2,1-2H3,(H,11,14)(H,12,13). The summed E-state index contributed by atoms with van der Waals surface area (Å²) in [5.41, 5.74) is 0.551. The molecule has 5 nitrogen and oxygen atoms in total. The van der Waals surface area contributed by atoms with Crippen molar-refractivity contribution in [3.63, 3.8) is 0 Å². The van der Waals surface area contributed by atoms with E-state index < -0.39 is 0 Å². The molecule has 0 radical (unpaired) electrons. The van der Waals surface area contributed by atoms with Gasteiger partial charge < -0.3 is 15.4 Å². The van der Waals surface area contributed by atoms with E-state index >= 15 is 0 Å². The van der Waals surface area contributed by atoms with Crippen LogP contribution in [0.25, 0.3) is 0 Å². The van der Waals surface area contributed by atoms with Crippen LogP contribution in [0, 0.1) is 0 Å². The summed E-state index contributed by atoms with van der Waals surface area (Å²) >= 11 is 0. The summed E-state index contributed by atoms with van der Waals surface area (Å²) in [7, 11) is 3.23. The molecule has 1 amide bonds. The molecule has 1 aromatic heterocycles. The molecule has 0 spiro atoms. The Kier molecular flexibility index (Phi) is 4.56. The summed E-state index contributed by atoms with van der Waals surface area (Å²) in [6, 6.07) is 3.49. The van der Waals surface area contributed by atoms with Crippen molar-refractivity contribution in [1.82, 2.24) is 10.3 Å².